The van der Waals surface area contributed by atoms with E-state index in [1.165, 1.54) is 13.2 Å². The second kappa shape index (κ2) is 9.72. The molecule has 0 spiro atoms. The molecule has 0 bridgehead atoms. The van der Waals surface area contributed by atoms with Crippen LogP contribution < -0.4 is 15.4 Å². The number of aliphatic hydroxyl groups is 1. The van der Waals surface area contributed by atoms with E-state index in [-0.39, 0.29) is 18.3 Å². The molecule has 2 rings (SSSR count). The molecule has 6 nitrogen and oxygen atoms in total. The first kappa shape index (κ1) is 19.7. The molecule has 0 saturated carbocycles. The van der Waals surface area contributed by atoms with Crippen molar-refractivity contribution >= 4 is 5.96 Å². The number of methoxy groups -OCH3 is 1. The lowest BCUT2D eigenvalue weighted by molar-refractivity contribution is 0.187. The summed E-state index contributed by atoms with van der Waals surface area (Å²) < 4.78 is 18.8. The first-order chi connectivity index (χ1) is 12.5. The molecule has 0 amide bonds. The lowest BCUT2D eigenvalue weighted by Gasteiger charge is -2.19. The van der Waals surface area contributed by atoms with Gasteiger partial charge in [0.1, 0.15) is 0 Å². The number of aliphatic imine (C=N–C) groups is 1. The zero-order valence-corrected chi connectivity index (χ0v) is 15.2. The van der Waals surface area contributed by atoms with Crippen LogP contribution >= 0.6 is 0 Å². The van der Waals surface area contributed by atoms with Gasteiger partial charge in [-0.05, 0) is 49.2 Å². The molecular weight excluding hydrogens is 335 g/mol. The molecule has 1 heterocycles. The third-order valence-electron chi connectivity index (χ3n) is 3.89. The highest BCUT2D eigenvalue weighted by atomic mass is 19.1. The van der Waals surface area contributed by atoms with E-state index in [2.05, 4.69) is 20.6 Å². The Bertz CT molecular complexity index is 725. The molecule has 0 saturated heterocycles. The van der Waals surface area contributed by atoms with Crippen molar-refractivity contribution in [2.45, 2.75) is 26.0 Å². The molecule has 0 fully saturated rings. The minimum absolute atomic E-state index is 0.175. The quantitative estimate of drug-likeness (QED) is 0.522. The predicted octanol–water partition coefficient (Wildman–Crippen LogP) is 2.58. The summed E-state index contributed by atoms with van der Waals surface area (Å²) in [6.45, 7) is 4.73. The Hall–Kier alpha value is -2.67. The van der Waals surface area contributed by atoms with E-state index >= 15 is 0 Å². The van der Waals surface area contributed by atoms with Gasteiger partial charge in [-0.15, -0.1) is 0 Å². The SMILES string of the molecule is CCNC(=NCC(O)c1ccncc1)NC(C)c1ccc(OC)c(F)c1. The number of aliphatic hydroxyl groups excluding tert-OH is 1. The van der Waals surface area contributed by atoms with Crippen molar-refractivity contribution in [2.75, 3.05) is 20.2 Å². The number of ether oxygens (including phenoxy) is 1. The van der Waals surface area contributed by atoms with Gasteiger partial charge in [-0.25, -0.2) is 4.39 Å². The van der Waals surface area contributed by atoms with Gasteiger partial charge < -0.3 is 20.5 Å². The number of aromatic nitrogens is 1. The monoisotopic (exact) mass is 360 g/mol. The molecular formula is C19H25FN4O2. The minimum atomic E-state index is -0.720. The summed E-state index contributed by atoms with van der Waals surface area (Å²) in [5.74, 6) is 0.347. The van der Waals surface area contributed by atoms with E-state index in [4.69, 9.17) is 4.74 Å². The Morgan fingerprint density at radius 1 is 1.27 bits per heavy atom. The standard InChI is InChI=1S/C19H25FN4O2/c1-4-22-19(23-12-17(25)14-7-9-21-10-8-14)24-13(2)15-5-6-18(26-3)16(20)11-15/h5-11,13,17,25H,4,12H2,1-3H3,(H2,22,23,24). The number of guanidine groups is 1. The number of hydrogen-bond donors (Lipinski definition) is 3. The Morgan fingerprint density at radius 3 is 2.62 bits per heavy atom. The predicted molar refractivity (Wildman–Crippen MR) is 99.7 cm³/mol. The number of nitrogens with one attached hydrogen (secondary N) is 2. The summed E-state index contributed by atoms with van der Waals surface area (Å²) in [6.07, 6.45) is 2.54. The maximum atomic E-state index is 13.9. The number of rotatable bonds is 7. The topological polar surface area (TPSA) is 78.8 Å². The molecule has 3 N–H and O–H groups in total. The van der Waals surface area contributed by atoms with Crippen LogP contribution in [0.15, 0.2) is 47.7 Å². The van der Waals surface area contributed by atoms with Crippen LogP contribution in [-0.2, 0) is 0 Å². The Kier molecular flexibility index (Phi) is 7.35. The van der Waals surface area contributed by atoms with Crippen molar-refractivity contribution in [1.29, 1.82) is 0 Å². The fraction of sp³-hybridized carbons (Fsp3) is 0.368. The minimum Gasteiger partial charge on any atom is -0.494 e. The summed E-state index contributed by atoms with van der Waals surface area (Å²) in [5, 5.41) is 16.6. The second-order valence-electron chi connectivity index (χ2n) is 5.78. The van der Waals surface area contributed by atoms with Crippen LogP contribution in [0.3, 0.4) is 0 Å². The van der Waals surface area contributed by atoms with Crippen LogP contribution in [0.1, 0.15) is 37.1 Å². The molecule has 0 radical (unpaired) electrons. The normalized spacial score (nSPS) is 13.8. The van der Waals surface area contributed by atoms with Crippen LogP contribution in [0.4, 0.5) is 4.39 Å². The van der Waals surface area contributed by atoms with Crippen LogP contribution in [0, 0.1) is 5.82 Å². The highest BCUT2D eigenvalue weighted by Gasteiger charge is 2.12. The van der Waals surface area contributed by atoms with E-state index in [9.17, 15) is 9.50 Å². The van der Waals surface area contributed by atoms with Crippen molar-refractivity contribution in [3.63, 3.8) is 0 Å². The molecule has 2 unspecified atom stereocenters. The van der Waals surface area contributed by atoms with E-state index in [1.54, 1.807) is 36.7 Å². The van der Waals surface area contributed by atoms with Gasteiger partial charge >= 0.3 is 0 Å². The highest BCUT2D eigenvalue weighted by molar-refractivity contribution is 5.80. The first-order valence-corrected chi connectivity index (χ1v) is 8.51. The maximum absolute atomic E-state index is 13.9. The van der Waals surface area contributed by atoms with E-state index in [0.717, 1.165) is 11.1 Å². The van der Waals surface area contributed by atoms with Gasteiger partial charge in [0.15, 0.2) is 17.5 Å². The van der Waals surface area contributed by atoms with Crippen molar-refractivity contribution in [2.24, 2.45) is 4.99 Å². The van der Waals surface area contributed by atoms with Gasteiger partial charge in [0.2, 0.25) is 0 Å². The third kappa shape index (κ3) is 5.42. The van der Waals surface area contributed by atoms with Crippen molar-refractivity contribution in [3.05, 3.63) is 59.7 Å². The van der Waals surface area contributed by atoms with Crippen LogP contribution in [-0.4, -0.2) is 36.2 Å². The van der Waals surface area contributed by atoms with E-state index < -0.39 is 11.9 Å². The zero-order valence-electron chi connectivity index (χ0n) is 15.2. The summed E-state index contributed by atoms with van der Waals surface area (Å²) in [4.78, 5) is 8.35. The summed E-state index contributed by atoms with van der Waals surface area (Å²) in [6, 6.07) is 8.17. The van der Waals surface area contributed by atoms with Crippen molar-refractivity contribution in [1.82, 2.24) is 15.6 Å². The molecule has 140 valence electrons. The molecule has 0 aliphatic heterocycles. The number of halogens is 1. The molecule has 7 heteroatoms. The van der Waals surface area contributed by atoms with Crippen LogP contribution in [0.25, 0.3) is 0 Å². The summed E-state index contributed by atoms with van der Waals surface area (Å²) >= 11 is 0. The van der Waals surface area contributed by atoms with Gasteiger partial charge in [0.25, 0.3) is 0 Å². The maximum Gasteiger partial charge on any atom is 0.191 e. The van der Waals surface area contributed by atoms with Gasteiger partial charge in [0.05, 0.1) is 25.8 Å². The Balaban J connectivity index is 2.05. The van der Waals surface area contributed by atoms with Gasteiger partial charge in [-0.3, -0.25) is 9.98 Å². The highest BCUT2D eigenvalue weighted by Crippen LogP contribution is 2.21. The fourth-order valence-electron chi connectivity index (χ4n) is 2.43. The average molecular weight is 360 g/mol. The molecule has 1 aromatic heterocycles. The van der Waals surface area contributed by atoms with Crippen molar-refractivity contribution in [3.8, 4) is 5.75 Å². The van der Waals surface area contributed by atoms with E-state index in [1.807, 2.05) is 13.8 Å². The first-order valence-electron chi connectivity index (χ1n) is 8.51. The Morgan fingerprint density at radius 2 is 2.00 bits per heavy atom. The second-order valence-corrected chi connectivity index (χ2v) is 5.78. The molecule has 0 aliphatic carbocycles. The molecule has 0 aliphatic rings. The lowest BCUT2D eigenvalue weighted by Crippen LogP contribution is -2.39. The van der Waals surface area contributed by atoms with Gasteiger partial charge in [-0.1, -0.05) is 6.07 Å². The fourth-order valence-corrected chi connectivity index (χ4v) is 2.43. The third-order valence-corrected chi connectivity index (χ3v) is 3.89. The van der Waals surface area contributed by atoms with Crippen LogP contribution in [0.5, 0.6) is 5.75 Å². The van der Waals surface area contributed by atoms with Gasteiger partial charge in [-0.2, -0.15) is 0 Å². The zero-order chi connectivity index (χ0) is 18.9. The number of nitrogens with zero attached hydrogens (tertiary/aromatic N) is 2. The molecule has 2 atom stereocenters. The Labute approximate surface area is 153 Å². The number of pyridine rings is 1. The lowest BCUT2D eigenvalue weighted by atomic mass is 10.1. The van der Waals surface area contributed by atoms with Crippen molar-refractivity contribution < 1.29 is 14.2 Å². The average Bonchev–Trinajstić information content (AvgIpc) is 2.66. The van der Waals surface area contributed by atoms with Gasteiger partial charge in [0, 0.05) is 18.9 Å². The molecule has 1 aromatic carbocycles. The number of benzene rings is 1. The van der Waals surface area contributed by atoms with Crippen LogP contribution in [0.2, 0.25) is 0 Å². The number of hydrogen-bond acceptors (Lipinski definition) is 4. The largest absolute Gasteiger partial charge is 0.494 e. The van der Waals surface area contributed by atoms with E-state index in [0.29, 0.717) is 12.5 Å². The molecule has 2 aromatic rings. The summed E-state index contributed by atoms with van der Waals surface area (Å²) in [5.41, 5.74) is 1.52. The smallest absolute Gasteiger partial charge is 0.191 e. The molecule has 26 heavy (non-hydrogen) atoms. The summed E-state index contributed by atoms with van der Waals surface area (Å²) in [7, 11) is 1.43.